The van der Waals surface area contributed by atoms with Crippen molar-refractivity contribution in [3.8, 4) is 0 Å². The van der Waals surface area contributed by atoms with Gasteiger partial charge in [0.25, 0.3) is 5.91 Å². The van der Waals surface area contributed by atoms with E-state index in [4.69, 9.17) is 0 Å². The van der Waals surface area contributed by atoms with Gasteiger partial charge in [-0.15, -0.1) is 0 Å². The lowest BCUT2D eigenvalue weighted by atomic mass is 9.82. The summed E-state index contributed by atoms with van der Waals surface area (Å²) in [5, 5.41) is 6.42. The van der Waals surface area contributed by atoms with Crippen LogP contribution in [0, 0.1) is 11.3 Å². The Kier molecular flexibility index (Phi) is 4.36. The van der Waals surface area contributed by atoms with E-state index >= 15 is 0 Å². The van der Waals surface area contributed by atoms with Gasteiger partial charge in [0, 0.05) is 24.3 Å². The zero-order chi connectivity index (χ0) is 14.8. The summed E-state index contributed by atoms with van der Waals surface area (Å²) >= 11 is 0. The minimum absolute atomic E-state index is 0.0365. The van der Waals surface area contributed by atoms with Crippen LogP contribution >= 0.6 is 0 Å². The number of hydrogen-bond acceptors (Lipinski definition) is 2. The van der Waals surface area contributed by atoms with Gasteiger partial charge >= 0.3 is 0 Å². The van der Waals surface area contributed by atoms with Crippen LogP contribution in [0.3, 0.4) is 0 Å². The predicted octanol–water partition coefficient (Wildman–Crippen LogP) is 3.46. The topological polar surface area (TPSA) is 41.1 Å². The summed E-state index contributed by atoms with van der Waals surface area (Å²) in [7, 11) is 0. The van der Waals surface area contributed by atoms with Crippen molar-refractivity contribution in [2.24, 2.45) is 11.3 Å². The number of hydrogen-bond donors (Lipinski definition) is 2. The summed E-state index contributed by atoms with van der Waals surface area (Å²) in [6, 6.07) is 5.96. The van der Waals surface area contributed by atoms with Crippen molar-refractivity contribution in [3.05, 3.63) is 29.3 Å². The van der Waals surface area contributed by atoms with Crippen LogP contribution in [0.1, 0.15) is 50.0 Å². The SMILES string of the molecule is CC(CNC(=O)c1ccc2c(c1)CCCN2)C(C)(C)C. The van der Waals surface area contributed by atoms with Gasteiger partial charge in [-0.25, -0.2) is 0 Å². The van der Waals surface area contributed by atoms with Crippen LogP contribution in [0.25, 0.3) is 0 Å². The Morgan fingerprint density at radius 3 is 2.85 bits per heavy atom. The van der Waals surface area contributed by atoms with Crippen LogP contribution in [-0.4, -0.2) is 19.0 Å². The Morgan fingerprint density at radius 2 is 2.15 bits per heavy atom. The van der Waals surface area contributed by atoms with Crippen molar-refractivity contribution in [2.45, 2.75) is 40.5 Å². The average molecular weight is 274 g/mol. The number of anilines is 1. The minimum Gasteiger partial charge on any atom is -0.385 e. The van der Waals surface area contributed by atoms with Crippen LogP contribution in [0.15, 0.2) is 18.2 Å². The summed E-state index contributed by atoms with van der Waals surface area (Å²) in [5.74, 6) is 0.486. The van der Waals surface area contributed by atoms with Crippen molar-refractivity contribution in [1.29, 1.82) is 0 Å². The molecule has 110 valence electrons. The smallest absolute Gasteiger partial charge is 0.251 e. The molecule has 1 heterocycles. The first-order chi connectivity index (χ1) is 9.38. The molecule has 0 fully saturated rings. The maximum atomic E-state index is 12.2. The normalized spacial score (nSPS) is 16.0. The Bertz CT molecular complexity index is 488. The van der Waals surface area contributed by atoms with E-state index in [1.54, 1.807) is 0 Å². The van der Waals surface area contributed by atoms with Gasteiger partial charge in [-0.2, -0.15) is 0 Å². The molecule has 0 spiro atoms. The number of rotatable bonds is 3. The van der Waals surface area contributed by atoms with E-state index in [0.29, 0.717) is 5.92 Å². The number of carbonyl (C=O) groups excluding carboxylic acids is 1. The van der Waals surface area contributed by atoms with Gasteiger partial charge in [-0.05, 0) is 47.9 Å². The number of carbonyl (C=O) groups is 1. The predicted molar refractivity (Wildman–Crippen MR) is 84.2 cm³/mol. The molecule has 3 nitrogen and oxygen atoms in total. The molecular weight excluding hydrogens is 248 g/mol. The fraction of sp³-hybridized carbons (Fsp3) is 0.588. The second-order valence-electron chi connectivity index (χ2n) is 6.88. The highest BCUT2D eigenvalue weighted by Gasteiger charge is 2.21. The third kappa shape index (κ3) is 3.53. The summed E-state index contributed by atoms with van der Waals surface area (Å²) in [6.07, 6.45) is 2.20. The number of nitrogens with one attached hydrogen (secondary N) is 2. The average Bonchev–Trinajstić information content (AvgIpc) is 2.42. The first kappa shape index (κ1) is 14.9. The lowest BCUT2D eigenvalue weighted by Crippen LogP contribution is -2.33. The molecule has 1 amide bonds. The zero-order valence-corrected chi connectivity index (χ0v) is 13.0. The molecule has 1 aliphatic rings. The maximum Gasteiger partial charge on any atom is 0.251 e. The molecule has 0 bridgehead atoms. The van der Waals surface area contributed by atoms with E-state index < -0.39 is 0 Å². The van der Waals surface area contributed by atoms with Crippen molar-refractivity contribution in [2.75, 3.05) is 18.4 Å². The van der Waals surface area contributed by atoms with E-state index in [2.05, 4.69) is 38.3 Å². The standard InChI is InChI=1S/C17H26N2O/c1-12(17(2,3)4)11-19-16(20)14-7-8-15-13(10-14)6-5-9-18-15/h7-8,10,12,18H,5-6,9,11H2,1-4H3,(H,19,20). The van der Waals surface area contributed by atoms with Crippen molar-refractivity contribution in [3.63, 3.8) is 0 Å². The van der Waals surface area contributed by atoms with Gasteiger partial charge in [0.15, 0.2) is 0 Å². The van der Waals surface area contributed by atoms with Gasteiger partial charge in [0.05, 0.1) is 0 Å². The molecule has 1 aromatic rings. The Morgan fingerprint density at radius 1 is 1.40 bits per heavy atom. The van der Waals surface area contributed by atoms with Crippen molar-refractivity contribution >= 4 is 11.6 Å². The second-order valence-corrected chi connectivity index (χ2v) is 6.88. The highest BCUT2D eigenvalue weighted by Crippen LogP contribution is 2.25. The van der Waals surface area contributed by atoms with Gasteiger partial charge in [-0.3, -0.25) is 4.79 Å². The van der Waals surface area contributed by atoms with Gasteiger partial charge in [0.2, 0.25) is 0 Å². The van der Waals surface area contributed by atoms with E-state index in [9.17, 15) is 4.79 Å². The summed E-state index contributed by atoms with van der Waals surface area (Å²) in [4.78, 5) is 12.2. The van der Waals surface area contributed by atoms with Crippen LogP contribution < -0.4 is 10.6 Å². The van der Waals surface area contributed by atoms with Gasteiger partial charge < -0.3 is 10.6 Å². The molecule has 1 aliphatic heterocycles. The lowest BCUT2D eigenvalue weighted by Gasteiger charge is -2.27. The molecule has 2 rings (SSSR count). The number of benzene rings is 1. The highest BCUT2D eigenvalue weighted by molar-refractivity contribution is 5.95. The Balaban J connectivity index is 1.99. The summed E-state index contributed by atoms with van der Waals surface area (Å²) in [6.45, 7) is 10.5. The number of amides is 1. The largest absolute Gasteiger partial charge is 0.385 e. The van der Waals surface area contributed by atoms with Crippen molar-refractivity contribution < 1.29 is 4.79 Å². The maximum absolute atomic E-state index is 12.2. The molecule has 0 radical (unpaired) electrons. The van der Waals surface area contributed by atoms with Crippen molar-refractivity contribution in [1.82, 2.24) is 5.32 Å². The molecule has 3 heteroatoms. The second kappa shape index (κ2) is 5.86. The highest BCUT2D eigenvalue weighted by atomic mass is 16.1. The first-order valence-electron chi connectivity index (χ1n) is 7.53. The van der Waals surface area contributed by atoms with Crippen LogP contribution in [0.5, 0.6) is 0 Å². The molecule has 1 unspecified atom stereocenters. The van der Waals surface area contributed by atoms with E-state index in [0.717, 1.165) is 31.5 Å². The van der Waals surface area contributed by atoms with E-state index in [1.807, 2.05) is 18.2 Å². The molecule has 1 aromatic carbocycles. The molecular formula is C17H26N2O. The molecule has 0 saturated heterocycles. The third-order valence-corrected chi connectivity index (χ3v) is 4.35. The van der Waals surface area contributed by atoms with Crippen LogP contribution in [0.2, 0.25) is 0 Å². The third-order valence-electron chi connectivity index (χ3n) is 4.35. The zero-order valence-electron chi connectivity index (χ0n) is 13.0. The van der Waals surface area contributed by atoms with Gasteiger partial charge in [-0.1, -0.05) is 27.7 Å². The molecule has 0 saturated carbocycles. The fourth-order valence-corrected chi connectivity index (χ4v) is 2.27. The monoisotopic (exact) mass is 274 g/mol. The Hall–Kier alpha value is -1.51. The number of aryl methyl sites for hydroxylation is 1. The molecule has 0 aliphatic carbocycles. The summed E-state index contributed by atoms with van der Waals surface area (Å²) in [5.41, 5.74) is 3.42. The molecule has 0 aromatic heterocycles. The molecule has 1 atom stereocenters. The minimum atomic E-state index is 0.0365. The molecule has 2 N–H and O–H groups in total. The number of fused-ring (bicyclic) bond motifs is 1. The van der Waals surface area contributed by atoms with Crippen LogP contribution in [0.4, 0.5) is 5.69 Å². The Labute approximate surface area is 122 Å². The fourth-order valence-electron chi connectivity index (χ4n) is 2.27. The lowest BCUT2D eigenvalue weighted by molar-refractivity contribution is 0.0937. The first-order valence-corrected chi connectivity index (χ1v) is 7.53. The quantitative estimate of drug-likeness (QED) is 0.886. The van der Waals surface area contributed by atoms with Crippen LogP contribution in [-0.2, 0) is 6.42 Å². The molecule has 20 heavy (non-hydrogen) atoms. The van der Waals surface area contributed by atoms with Gasteiger partial charge in [0.1, 0.15) is 0 Å². The summed E-state index contributed by atoms with van der Waals surface area (Å²) < 4.78 is 0. The van der Waals surface area contributed by atoms with E-state index in [1.165, 1.54) is 11.3 Å². The van der Waals surface area contributed by atoms with E-state index in [-0.39, 0.29) is 11.3 Å².